The summed E-state index contributed by atoms with van der Waals surface area (Å²) in [4.78, 5) is 11.0. The summed E-state index contributed by atoms with van der Waals surface area (Å²) in [7, 11) is 0. The third-order valence-corrected chi connectivity index (χ3v) is 2.89. The van der Waals surface area contributed by atoms with Gasteiger partial charge in [0.25, 0.3) is 0 Å². The Morgan fingerprint density at radius 3 is 2.54 bits per heavy atom. The molecule has 0 aromatic carbocycles. The molecule has 1 rings (SSSR count). The van der Waals surface area contributed by atoms with Crippen LogP contribution in [0.3, 0.4) is 0 Å². The molecule has 1 unspecified atom stereocenters. The van der Waals surface area contributed by atoms with Gasteiger partial charge >= 0.3 is 0 Å². The van der Waals surface area contributed by atoms with E-state index in [9.17, 15) is 4.79 Å². The molecule has 0 saturated carbocycles. The highest BCUT2D eigenvalue weighted by atomic mass is 127. The largest absolute Gasteiger partial charge is 0.295 e. The third kappa shape index (κ3) is 2.62. The van der Waals surface area contributed by atoms with Crippen molar-refractivity contribution in [1.82, 2.24) is 0 Å². The second-order valence-corrected chi connectivity index (χ2v) is 3.97. The molecule has 0 bridgehead atoms. The highest BCUT2D eigenvalue weighted by Crippen LogP contribution is 2.07. The summed E-state index contributed by atoms with van der Waals surface area (Å²) >= 11 is 2.26. The maximum atomic E-state index is 11.0. The minimum Gasteiger partial charge on any atom is -0.295 e. The van der Waals surface area contributed by atoms with E-state index in [4.69, 9.17) is 0 Å². The van der Waals surface area contributed by atoms with Gasteiger partial charge in [-0.25, -0.2) is 0 Å². The van der Waals surface area contributed by atoms with Crippen LogP contribution in [0.4, 0.5) is 0 Å². The van der Waals surface area contributed by atoms with E-state index in [1.807, 2.05) is 35.2 Å². The number of hydrogen-bond donors (Lipinski definition) is 0. The number of alkyl halides is 1. The van der Waals surface area contributed by atoms with E-state index in [1.165, 1.54) is 0 Å². The number of aromatic nitrogens is 1. The zero-order chi connectivity index (χ0) is 9.84. The number of halogens is 1. The van der Waals surface area contributed by atoms with Crippen molar-refractivity contribution in [2.45, 2.75) is 11.0 Å². The molecule has 0 aliphatic carbocycles. The molecule has 0 aliphatic heterocycles. The molecule has 0 aliphatic rings. The molecule has 68 valence electrons. The van der Waals surface area contributed by atoms with Gasteiger partial charge in [-0.2, -0.15) is 4.57 Å². The zero-order valence-electron chi connectivity index (χ0n) is 7.40. The van der Waals surface area contributed by atoms with Gasteiger partial charge in [-0.3, -0.25) is 4.79 Å². The molecule has 2 nitrogen and oxygen atoms in total. The summed E-state index contributed by atoms with van der Waals surface area (Å²) in [6.07, 6.45) is 5.61. The number of carbonyl (C=O) groups excluding carboxylic acids is 1. The average molecular weight is 288 g/mol. The van der Waals surface area contributed by atoms with Gasteiger partial charge in [0.15, 0.2) is 18.2 Å². The SMILES string of the molecule is C=CC(I)[n+]1ccc(C(C)=O)cc1. The summed E-state index contributed by atoms with van der Waals surface area (Å²) in [5, 5.41) is 0. The van der Waals surface area contributed by atoms with Gasteiger partial charge in [0.05, 0.1) is 0 Å². The topological polar surface area (TPSA) is 20.9 Å². The van der Waals surface area contributed by atoms with Gasteiger partial charge in [-0.1, -0.05) is 6.58 Å². The zero-order valence-corrected chi connectivity index (χ0v) is 9.56. The molecule has 1 atom stereocenters. The van der Waals surface area contributed by atoms with Crippen molar-refractivity contribution in [3.8, 4) is 0 Å². The lowest BCUT2D eigenvalue weighted by molar-refractivity contribution is -0.684. The van der Waals surface area contributed by atoms with E-state index < -0.39 is 0 Å². The van der Waals surface area contributed by atoms with E-state index in [1.54, 1.807) is 6.92 Å². The summed E-state index contributed by atoms with van der Waals surface area (Å²) in [5.74, 6) is 0.0933. The van der Waals surface area contributed by atoms with Crippen molar-refractivity contribution in [3.63, 3.8) is 0 Å². The minimum atomic E-state index is 0.0933. The van der Waals surface area contributed by atoms with Crippen LogP contribution in [0.5, 0.6) is 0 Å². The normalized spacial score (nSPS) is 12.2. The number of carbonyl (C=O) groups is 1. The van der Waals surface area contributed by atoms with Crippen LogP contribution in [0.25, 0.3) is 0 Å². The van der Waals surface area contributed by atoms with Crippen LogP contribution in [-0.4, -0.2) is 5.78 Å². The summed E-state index contributed by atoms with van der Waals surface area (Å²) in [6, 6.07) is 3.63. The van der Waals surface area contributed by atoms with Gasteiger partial charge in [0.2, 0.25) is 4.05 Å². The molecule has 1 aromatic heterocycles. The number of ketones is 1. The van der Waals surface area contributed by atoms with Gasteiger partial charge in [0, 0.05) is 40.3 Å². The quantitative estimate of drug-likeness (QED) is 0.275. The predicted molar refractivity (Wildman–Crippen MR) is 59.9 cm³/mol. The van der Waals surface area contributed by atoms with Crippen LogP contribution >= 0.6 is 22.6 Å². The van der Waals surface area contributed by atoms with Crippen molar-refractivity contribution in [3.05, 3.63) is 42.7 Å². The first kappa shape index (κ1) is 10.4. The first-order chi connectivity index (χ1) is 6.15. The molecule has 1 heterocycles. The predicted octanol–water partition coefficient (Wildman–Crippen LogP) is 2.30. The Hall–Kier alpha value is -0.710. The van der Waals surface area contributed by atoms with E-state index in [2.05, 4.69) is 29.2 Å². The van der Waals surface area contributed by atoms with Crippen molar-refractivity contribution < 1.29 is 9.36 Å². The van der Waals surface area contributed by atoms with Gasteiger partial charge in [-0.15, -0.1) is 0 Å². The monoisotopic (exact) mass is 288 g/mol. The number of rotatable bonds is 3. The Balaban J connectivity index is 2.93. The molecule has 0 spiro atoms. The highest BCUT2D eigenvalue weighted by Gasteiger charge is 2.09. The molecule has 0 N–H and O–H groups in total. The van der Waals surface area contributed by atoms with E-state index in [-0.39, 0.29) is 9.83 Å². The second-order valence-electron chi connectivity index (χ2n) is 2.70. The van der Waals surface area contributed by atoms with Crippen LogP contribution < -0.4 is 4.57 Å². The Labute approximate surface area is 91.4 Å². The molecule has 1 aromatic rings. The van der Waals surface area contributed by atoms with E-state index >= 15 is 0 Å². The number of Topliss-reactive ketones (excluding diaryl/α,β-unsaturated/α-hetero) is 1. The second kappa shape index (κ2) is 4.50. The third-order valence-electron chi connectivity index (χ3n) is 1.74. The number of allylic oxidation sites excluding steroid dienone is 1. The molecule has 0 radical (unpaired) electrons. The van der Waals surface area contributed by atoms with E-state index in [0.29, 0.717) is 0 Å². The molecule has 13 heavy (non-hydrogen) atoms. The average Bonchev–Trinajstić information content (AvgIpc) is 2.17. The standard InChI is InChI=1S/C10H11INO/c1-3-10(11)12-6-4-9(5-7-12)8(2)13/h3-7,10H,1H2,2H3/q+1. The maximum Gasteiger partial charge on any atom is 0.225 e. The van der Waals surface area contributed by atoms with Crippen LogP contribution in [-0.2, 0) is 0 Å². The maximum absolute atomic E-state index is 11.0. The molecular weight excluding hydrogens is 277 g/mol. The number of hydrogen-bond acceptors (Lipinski definition) is 1. The van der Waals surface area contributed by atoms with Crippen molar-refractivity contribution in [2.75, 3.05) is 0 Å². The summed E-state index contributed by atoms with van der Waals surface area (Å²) in [6.45, 7) is 5.26. The Morgan fingerprint density at radius 2 is 2.15 bits per heavy atom. The lowest BCUT2D eigenvalue weighted by atomic mass is 10.2. The molecule has 3 heteroatoms. The van der Waals surface area contributed by atoms with Gasteiger partial charge < -0.3 is 0 Å². The van der Waals surface area contributed by atoms with E-state index in [0.717, 1.165) is 5.56 Å². The molecule has 0 saturated heterocycles. The lowest BCUT2D eigenvalue weighted by Crippen LogP contribution is -2.33. The number of nitrogens with zero attached hydrogens (tertiary/aromatic N) is 1. The Bertz CT molecular complexity index is 318. The van der Waals surface area contributed by atoms with Crippen molar-refractivity contribution >= 4 is 28.4 Å². The summed E-state index contributed by atoms with van der Waals surface area (Å²) in [5.41, 5.74) is 0.740. The first-order valence-electron chi connectivity index (χ1n) is 3.93. The lowest BCUT2D eigenvalue weighted by Gasteiger charge is -1.99. The molecule has 0 amide bonds. The Morgan fingerprint density at radius 1 is 1.62 bits per heavy atom. The fraction of sp³-hybridized carbons (Fsp3) is 0.200. The van der Waals surface area contributed by atoms with Crippen molar-refractivity contribution in [2.24, 2.45) is 0 Å². The van der Waals surface area contributed by atoms with Gasteiger partial charge in [-0.05, 0) is 13.0 Å². The smallest absolute Gasteiger partial charge is 0.225 e. The van der Waals surface area contributed by atoms with Gasteiger partial charge in [0.1, 0.15) is 0 Å². The van der Waals surface area contributed by atoms with Crippen LogP contribution in [0.1, 0.15) is 21.3 Å². The molecular formula is C10H11INO+. The molecule has 0 fully saturated rings. The van der Waals surface area contributed by atoms with Crippen molar-refractivity contribution in [1.29, 1.82) is 0 Å². The number of pyridine rings is 1. The summed E-state index contributed by atoms with van der Waals surface area (Å²) < 4.78 is 2.22. The minimum absolute atomic E-state index is 0.0933. The van der Waals surface area contributed by atoms with Crippen LogP contribution in [0, 0.1) is 0 Å². The first-order valence-corrected chi connectivity index (χ1v) is 5.18. The fourth-order valence-corrected chi connectivity index (χ4v) is 1.33. The highest BCUT2D eigenvalue weighted by molar-refractivity contribution is 14.1. The fourth-order valence-electron chi connectivity index (χ4n) is 0.959. The van der Waals surface area contributed by atoms with Crippen LogP contribution in [0.2, 0.25) is 0 Å². The van der Waals surface area contributed by atoms with Crippen LogP contribution in [0.15, 0.2) is 37.2 Å². The Kier molecular flexibility index (Phi) is 3.59.